The van der Waals surface area contributed by atoms with Crippen molar-refractivity contribution >= 4 is 33.2 Å². The van der Waals surface area contributed by atoms with Crippen LogP contribution in [0.4, 0.5) is 0 Å². The molecule has 0 bridgehead atoms. The number of sulfonamides is 1. The molecule has 1 saturated heterocycles. The fourth-order valence-electron chi connectivity index (χ4n) is 2.27. The van der Waals surface area contributed by atoms with Gasteiger partial charge in [0.05, 0.1) is 11.1 Å². The first-order chi connectivity index (χ1) is 8.82. The number of piperidine rings is 1. The second kappa shape index (κ2) is 5.58. The van der Waals surface area contributed by atoms with Gasteiger partial charge in [-0.15, -0.1) is 0 Å². The summed E-state index contributed by atoms with van der Waals surface area (Å²) in [6.45, 7) is 2.38. The molecule has 2 unspecified atom stereocenters. The van der Waals surface area contributed by atoms with E-state index in [9.17, 15) is 8.42 Å². The minimum Gasteiger partial charge on any atom is -0.315 e. The normalized spacial score (nSPS) is 25.5. The van der Waals surface area contributed by atoms with Crippen molar-refractivity contribution in [2.24, 2.45) is 11.7 Å². The van der Waals surface area contributed by atoms with Crippen LogP contribution in [-0.2, 0) is 10.0 Å². The van der Waals surface area contributed by atoms with E-state index in [1.54, 1.807) is 0 Å². The van der Waals surface area contributed by atoms with Crippen molar-refractivity contribution in [3.8, 4) is 0 Å². The molecule has 0 saturated carbocycles. The summed E-state index contributed by atoms with van der Waals surface area (Å²) in [4.78, 5) is 0.0922. The van der Waals surface area contributed by atoms with Crippen LogP contribution < -0.4 is 5.73 Å². The summed E-state index contributed by atoms with van der Waals surface area (Å²) in [6.07, 6.45) is 1.24. The lowest BCUT2D eigenvalue weighted by molar-refractivity contribution is 0.192. The number of rotatable bonds is 2. The predicted octanol–water partition coefficient (Wildman–Crippen LogP) is 2.70. The first-order valence-corrected chi connectivity index (χ1v) is 8.25. The molecule has 0 aliphatic carbocycles. The summed E-state index contributed by atoms with van der Waals surface area (Å²) >= 11 is 11.7. The molecule has 0 aromatic heterocycles. The van der Waals surface area contributed by atoms with Gasteiger partial charge < -0.3 is 5.73 Å². The molecule has 0 radical (unpaired) electrons. The minimum absolute atomic E-state index is 0.0922. The van der Waals surface area contributed by atoms with Gasteiger partial charge >= 0.3 is 0 Å². The Hall–Kier alpha value is -0.330. The Labute approximate surface area is 123 Å². The smallest absolute Gasteiger partial charge is 0.244 e. The molecule has 106 valence electrons. The zero-order valence-corrected chi connectivity index (χ0v) is 12.8. The van der Waals surface area contributed by atoms with E-state index >= 15 is 0 Å². The maximum atomic E-state index is 12.6. The van der Waals surface area contributed by atoms with Crippen molar-refractivity contribution in [2.45, 2.75) is 30.8 Å². The van der Waals surface area contributed by atoms with Crippen molar-refractivity contribution in [3.05, 3.63) is 28.2 Å². The quantitative estimate of drug-likeness (QED) is 0.910. The molecule has 1 aromatic rings. The van der Waals surface area contributed by atoms with Gasteiger partial charge in [-0.3, -0.25) is 0 Å². The monoisotopic (exact) mass is 322 g/mol. The maximum Gasteiger partial charge on any atom is 0.244 e. The average Bonchev–Trinajstić information content (AvgIpc) is 2.31. The zero-order chi connectivity index (χ0) is 14.2. The Bertz CT molecular complexity index is 557. The molecule has 0 spiro atoms. The molecule has 1 heterocycles. The molecule has 2 atom stereocenters. The first kappa shape index (κ1) is 15.1. The van der Waals surface area contributed by atoms with Crippen LogP contribution in [0.1, 0.15) is 19.8 Å². The van der Waals surface area contributed by atoms with Gasteiger partial charge in [0.2, 0.25) is 10.0 Å². The van der Waals surface area contributed by atoms with Crippen LogP contribution in [0.25, 0.3) is 0 Å². The van der Waals surface area contributed by atoms with Crippen LogP contribution in [0.2, 0.25) is 10.0 Å². The van der Waals surface area contributed by atoms with Gasteiger partial charge in [-0.1, -0.05) is 30.1 Å². The van der Waals surface area contributed by atoms with E-state index in [2.05, 4.69) is 0 Å². The molecule has 7 heteroatoms. The Kier molecular flexibility index (Phi) is 4.42. The second-order valence-electron chi connectivity index (χ2n) is 4.83. The van der Waals surface area contributed by atoms with Gasteiger partial charge in [0, 0.05) is 16.6 Å². The number of nitrogens with two attached hydrogens (primary N) is 1. The zero-order valence-electron chi connectivity index (χ0n) is 10.5. The van der Waals surface area contributed by atoms with Crippen LogP contribution >= 0.6 is 23.2 Å². The molecule has 0 amide bonds. The molecular formula is C12H16Cl2N2O2S. The SMILES string of the molecule is CC1CCCN(S(=O)(=O)c2cc(Cl)cc(Cl)c2)C1N. The van der Waals surface area contributed by atoms with Crippen molar-refractivity contribution in [1.82, 2.24) is 4.31 Å². The van der Waals surface area contributed by atoms with Crippen LogP contribution in [-0.4, -0.2) is 25.4 Å². The lowest BCUT2D eigenvalue weighted by Crippen LogP contribution is -2.52. The third-order valence-corrected chi connectivity index (χ3v) is 5.71. The topological polar surface area (TPSA) is 63.4 Å². The molecule has 1 aromatic carbocycles. The number of hydrogen-bond acceptors (Lipinski definition) is 3. The summed E-state index contributed by atoms with van der Waals surface area (Å²) in [5, 5.41) is 0.592. The van der Waals surface area contributed by atoms with E-state index in [1.807, 2.05) is 6.92 Å². The van der Waals surface area contributed by atoms with E-state index < -0.39 is 16.2 Å². The van der Waals surface area contributed by atoms with Crippen LogP contribution in [0.5, 0.6) is 0 Å². The molecule has 1 fully saturated rings. The van der Waals surface area contributed by atoms with Crippen LogP contribution in [0, 0.1) is 5.92 Å². The fraction of sp³-hybridized carbons (Fsp3) is 0.500. The Morgan fingerprint density at radius 3 is 2.42 bits per heavy atom. The molecule has 1 aliphatic heterocycles. The highest BCUT2D eigenvalue weighted by Gasteiger charge is 2.35. The number of nitrogens with zero attached hydrogens (tertiary/aromatic N) is 1. The molecule has 2 N–H and O–H groups in total. The van der Waals surface area contributed by atoms with Gasteiger partial charge in [0.15, 0.2) is 0 Å². The summed E-state index contributed by atoms with van der Waals surface area (Å²) in [6, 6.07) is 4.30. The molecule has 4 nitrogen and oxygen atoms in total. The lowest BCUT2D eigenvalue weighted by Gasteiger charge is -2.36. The van der Waals surface area contributed by atoms with E-state index in [1.165, 1.54) is 22.5 Å². The van der Waals surface area contributed by atoms with E-state index in [0.29, 0.717) is 16.6 Å². The predicted molar refractivity (Wildman–Crippen MR) is 76.7 cm³/mol. The minimum atomic E-state index is -3.65. The molecule has 2 rings (SSSR count). The summed E-state index contributed by atoms with van der Waals surface area (Å²) in [5.74, 6) is 0.137. The van der Waals surface area contributed by atoms with E-state index in [0.717, 1.165) is 12.8 Å². The summed E-state index contributed by atoms with van der Waals surface area (Å²) in [7, 11) is -3.65. The van der Waals surface area contributed by atoms with Crippen LogP contribution in [0.15, 0.2) is 23.1 Å². The highest BCUT2D eigenvalue weighted by molar-refractivity contribution is 7.89. The van der Waals surface area contributed by atoms with Gasteiger partial charge in [-0.2, -0.15) is 4.31 Å². The van der Waals surface area contributed by atoms with Gasteiger partial charge in [-0.25, -0.2) is 8.42 Å². The summed E-state index contributed by atoms with van der Waals surface area (Å²) in [5.41, 5.74) is 6.00. The maximum absolute atomic E-state index is 12.6. The fourth-order valence-corrected chi connectivity index (χ4v) is 4.64. The number of benzene rings is 1. The van der Waals surface area contributed by atoms with Crippen molar-refractivity contribution in [3.63, 3.8) is 0 Å². The molecular weight excluding hydrogens is 307 g/mol. The lowest BCUT2D eigenvalue weighted by atomic mass is 9.99. The molecule has 1 aliphatic rings. The van der Waals surface area contributed by atoms with Crippen molar-refractivity contribution in [1.29, 1.82) is 0 Å². The van der Waals surface area contributed by atoms with Gasteiger partial charge in [0.25, 0.3) is 0 Å². The Morgan fingerprint density at radius 2 is 1.84 bits per heavy atom. The van der Waals surface area contributed by atoms with E-state index in [-0.39, 0.29) is 10.8 Å². The van der Waals surface area contributed by atoms with Crippen molar-refractivity contribution < 1.29 is 8.42 Å². The van der Waals surface area contributed by atoms with Crippen LogP contribution in [0.3, 0.4) is 0 Å². The first-order valence-electron chi connectivity index (χ1n) is 6.06. The molecule has 19 heavy (non-hydrogen) atoms. The van der Waals surface area contributed by atoms with Gasteiger partial charge in [-0.05, 0) is 37.0 Å². The Balaban J connectivity index is 2.41. The largest absolute Gasteiger partial charge is 0.315 e. The van der Waals surface area contributed by atoms with Gasteiger partial charge in [0.1, 0.15) is 0 Å². The highest BCUT2D eigenvalue weighted by atomic mass is 35.5. The third-order valence-electron chi connectivity index (χ3n) is 3.40. The third kappa shape index (κ3) is 3.06. The number of halogens is 2. The summed E-state index contributed by atoms with van der Waals surface area (Å²) < 4.78 is 26.5. The number of hydrogen-bond donors (Lipinski definition) is 1. The standard InChI is InChI=1S/C12H16Cl2N2O2S/c1-8-3-2-4-16(12(8)15)19(17,18)11-6-9(13)5-10(14)7-11/h5-8,12H,2-4,15H2,1H3. The van der Waals surface area contributed by atoms with Crippen molar-refractivity contribution in [2.75, 3.05) is 6.54 Å². The second-order valence-corrected chi connectivity index (χ2v) is 7.59. The average molecular weight is 323 g/mol. The van der Waals surface area contributed by atoms with E-state index in [4.69, 9.17) is 28.9 Å². The Morgan fingerprint density at radius 1 is 1.26 bits per heavy atom. The highest BCUT2D eigenvalue weighted by Crippen LogP contribution is 2.29.